The van der Waals surface area contributed by atoms with E-state index < -0.39 is 0 Å². The molecular formula is C19H30N4. The van der Waals surface area contributed by atoms with E-state index in [1.54, 1.807) is 0 Å². The van der Waals surface area contributed by atoms with Gasteiger partial charge in [0.05, 0.1) is 6.54 Å². The van der Waals surface area contributed by atoms with Crippen LogP contribution in [-0.4, -0.2) is 48.0 Å². The van der Waals surface area contributed by atoms with E-state index in [2.05, 4.69) is 47.1 Å². The Balaban J connectivity index is 1.54. The lowest BCUT2D eigenvalue weighted by molar-refractivity contribution is 0.247. The van der Waals surface area contributed by atoms with Crippen molar-refractivity contribution in [3.05, 3.63) is 35.9 Å². The summed E-state index contributed by atoms with van der Waals surface area (Å²) >= 11 is 0. The zero-order valence-electron chi connectivity index (χ0n) is 14.3. The Kier molecular flexibility index (Phi) is 5.55. The van der Waals surface area contributed by atoms with Crippen molar-refractivity contribution in [3.8, 4) is 0 Å². The molecule has 2 unspecified atom stereocenters. The van der Waals surface area contributed by atoms with E-state index in [1.165, 1.54) is 37.8 Å². The van der Waals surface area contributed by atoms with Crippen LogP contribution < -0.4 is 5.73 Å². The van der Waals surface area contributed by atoms with Crippen LogP contribution in [0, 0.1) is 5.92 Å². The van der Waals surface area contributed by atoms with Crippen LogP contribution in [0.25, 0.3) is 0 Å². The first kappa shape index (κ1) is 16.3. The smallest absolute Gasteiger partial charge is 0.191 e. The number of hydrogen-bond donors (Lipinski definition) is 1. The van der Waals surface area contributed by atoms with Crippen molar-refractivity contribution in [1.82, 2.24) is 9.80 Å². The number of piperidine rings is 1. The van der Waals surface area contributed by atoms with Crippen LogP contribution >= 0.6 is 0 Å². The monoisotopic (exact) mass is 314 g/mol. The minimum Gasteiger partial charge on any atom is -0.370 e. The number of aliphatic imine (C=N–C) groups is 1. The quantitative estimate of drug-likeness (QED) is 0.686. The highest BCUT2D eigenvalue weighted by atomic mass is 15.3. The molecule has 0 aliphatic carbocycles. The second kappa shape index (κ2) is 7.82. The van der Waals surface area contributed by atoms with Gasteiger partial charge in [0.2, 0.25) is 0 Å². The first-order valence-electron chi connectivity index (χ1n) is 9.05. The van der Waals surface area contributed by atoms with Crippen LogP contribution in [0.3, 0.4) is 0 Å². The van der Waals surface area contributed by atoms with Gasteiger partial charge in [-0.25, -0.2) is 0 Å². The average Bonchev–Trinajstić information content (AvgIpc) is 3.00. The average molecular weight is 314 g/mol. The van der Waals surface area contributed by atoms with E-state index in [4.69, 9.17) is 10.7 Å². The van der Waals surface area contributed by atoms with Crippen molar-refractivity contribution in [3.63, 3.8) is 0 Å². The van der Waals surface area contributed by atoms with Crippen molar-refractivity contribution in [2.75, 3.05) is 26.2 Å². The van der Waals surface area contributed by atoms with Gasteiger partial charge in [-0.1, -0.05) is 37.3 Å². The first-order chi connectivity index (χ1) is 11.2. The molecule has 2 heterocycles. The predicted octanol–water partition coefficient (Wildman–Crippen LogP) is 2.70. The molecule has 0 radical (unpaired) electrons. The van der Waals surface area contributed by atoms with Crippen molar-refractivity contribution in [2.24, 2.45) is 16.6 Å². The second-order valence-corrected chi connectivity index (χ2v) is 7.14. The molecule has 2 atom stereocenters. The zero-order chi connectivity index (χ0) is 16.1. The standard InChI is InChI=1S/C19H30N4/c1-16-7-5-12-23(14-16)19(20)21-13-18-10-6-11-22(18)15-17-8-3-2-4-9-17/h2-4,8-9,16,18H,5-7,10-15H2,1H3,(H2,20,21). The van der Waals surface area contributed by atoms with Gasteiger partial charge in [0, 0.05) is 25.7 Å². The highest BCUT2D eigenvalue weighted by Crippen LogP contribution is 2.21. The molecule has 2 aliphatic heterocycles. The number of likely N-dealkylation sites (tertiary alicyclic amines) is 2. The number of nitrogens with zero attached hydrogens (tertiary/aromatic N) is 3. The Hall–Kier alpha value is -1.55. The summed E-state index contributed by atoms with van der Waals surface area (Å²) in [4.78, 5) is 9.56. The summed E-state index contributed by atoms with van der Waals surface area (Å²) in [5.41, 5.74) is 7.63. The molecule has 0 aromatic heterocycles. The van der Waals surface area contributed by atoms with E-state index in [9.17, 15) is 0 Å². The summed E-state index contributed by atoms with van der Waals surface area (Å²) in [6.07, 6.45) is 5.06. The Morgan fingerprint density at radius 2 is 1.96 bits per heavy atom. The lowest BCUT2D eigenvalue weighted by atomic mass is 10.0. The van der Waals surface area contributed by atoms with Gasteiger partial charge in [-0.3, -0.25) is 9.89 Å². The van der Waals surface area contributed by atoms with E-state index in [1.807, 2.05) is 0 Å². The maximum atomic E-state index is 6.24. The van der Waals surface area contributed by atoms with Crippen LogP contribution in [0.4, 0.5) is 0 Å². The van der Waals surface area contributed by atoms with E-state index in [0.29, 0.717) is 6.04 Å². The molecule has 4 nitrogen and oxygen atoms in total. The summed E-state index contributed by atoms with van der Waals surface area (Å²) in [7, 11) is 0. The summed E-state index contributed by atoms with van der Waals surface area (Å²) in [6.45, 7) is 7.48. The normalized spacial score (nSPS) is 26.7. The third-order valence-corrected chi connectivity index (χ3v) is 5.17. The van der Waals surface area contributed by atoms with E-state index in [-0.39, 0.29) is 0 Å². The Morgan fingerprint density at radius 3 is 2.74 bits per heavy atom. The van der Waals surface area contributed by atoms with Crippen molar-refractivity contribution >= 4 is 5.96 Å². The lowest BCUT2D eigenvalue weighted by Gasteiger charge is -2.32. The molecule has 23 heavy (non-hydrogen) atoms. The molecule has 0 spiro atoms. The minimum atomic E-state index is 0.538. The van der Waals surface area contributed by atoms with Gasteiger partial charge in [-0.2, -0.15) is 0 Å². The molecule has 0 amide bonds. The topological polar surface area (TPSA) is 44.9 Å². The molecule has 3 rings (SSSR count). The molecule has 2 N–H and O–H groups in total. The molecule has 4 heteroatoms. The number of nitrogens with two attached hydrogens (primary N) is 1. The molecule has 0 bridgehead atoms. The van der Waals surface area contributed by atoms with Crippen LogP contribution in [-0.2, 0) is 6.54 Å². The van der Waals surface area contributed by atoms with E-state index >= 15 is 0 Å². The fourth-order valence-corrected chi connectivity index (χ4v) is 3.82. The zero-order valence-corrected chi connectivity index (χ0v) is 14.3. The third kappa shape index (κ3) is 4.47. The molecular weight excluding hydrogens is 284 g/mol. The van der Waals surface area contributed by atoms with Crippen molar-refractivity contribution in [1.29, 1.82) is 0 Å². The van der Waals surface area contributed by atoms with Gasteiger partial charge in [-0.05, 0) is 43.7 Å². The molecule has 1 aromatic carbocycles. The van der Waals surface area contributed by atoms with Gasteiger partial charge in [0.15, 0.2) is 5.96 Å². The van der Waals surface area contributed by atoms with Crippen LogP contribution in [0.1, 0.15) is 38.2 Å². The van der Waals surface area contributed by atoms with Gasteiger partial charge >= 0.3 is 0 Å². The fourth-order valence-electron chi connectivity index (χ4n) is 3.82. The van der Waals surface area contributed by atoms with Gasteiger partial charge in [-0.15, -0.1) is 0 Å². The SMILES string of the molecule is CC1CCCN(C(N)=NCC2CCCN2Cc2ccccc2)C1. The third-order valence-electron chi connectivity index (χ3n) is 5.17. The summed E-state index contributed by atoms with van der Waals surface area (Å²) in [6, 6.07) is 11.3. The number of guanidine groups is 1. The molecule has 2 aliphatic rings. The fraction of sp³-hybridized carbons (Fsp3) is 0.632. The van der Waals surface area contributed by atoms with Gasteiger partial charge in [0.25, 0.3) is 0 Å². The van der Waals surface area contributed by atoms with Gasteiger partial charge < -0.3 is 10.6 Å². The van der Waals surface area contributed by atoms with E-state index in [0.717, 1.165) is 38.1 Å². The number of hydrogen-bond acceptors (Lipinski definition) is 2. The first-order valence-corrected chi connectivity index (χ1v) is 9.05. The number of benzene rings is 1. The highest BCUT2D eigenvalue weighted by Gasteiger charge is 2.25. The van der Waals surface area contributed by atoms with Crippen LogP contribution in [0.5, 0.6) is 0 Å². The van der Waals surface area contributed by atoms with Crippen LogP contribution in [0.2, 0.25) is 0 Å². The summed E-state index contributed by atoms with van der Waals surface area (Å²) in [5, 5.41) is 0. The lowest BCUT2D eigenvalue weighted by Crippen LogP contribution is -2.44. The molecule has 1 aromatic rings. The largest absolute Gasteiger partial charge is 0.370 e. The minimum absolute atomic E-state index is 0.538. The maximum Gasteiger partial charge on any atom is 0.191 e. The molecule has 0 saturated carbocycles. The molecule has 2 fully saturated rings. The second-order valence-electron chi connectivity index (χ2n) is 7.14. The maximum absolute atomic E-state index is 6.24. The van der Waals surface area contributed by atoms with Crippen LogP contribution in [0.15, 0.2) is 35.3 Å². The predicted molar refractivity (Wildman–Crippen MR) is 96.3 cm³/mol. The summed E-state index contributed by atoms with van der Waals surface area (Å²) < 4.78 is 0. The Morgan fingerprint density at radius 1 is 1.17 bits per heavy atom. The van der Waals surface area contributed by atoms with Gasteiger partial charge in [0.1, 0.15) is 0 Å². The van der Waals surface area contributed by atoms with Crippen molar-refractivity contribution < 1.29 is 0 Å². The number of rotatable bonds is 4. The summed E-state index contributed by atoms with van der Waals surface area (Å²) in [5.74, 6) is 1.49. The van der Waals surface area contributed by atoms with Crippen molar-refractivity contribution in [2.45, 2.75) is 45.2 Å². The Bertz CT molecular complexity index is 513. The highest BCUT2D eigenvalue weighted by molar-refractivity contribution is 5.78. The molecule has 2 saturated heterocycles. The molecule has 126 valence electrons. The Labute approximate surface area is 140 Å².